The molecule has 1 aromatic rings. The van der Waals surface area contributed by atoms with Crippen molar-refractivity contribution in [1.29, 1.82) is 0 Å². The van der Waals surface area contributed by atoms with Gasteiger partial charge in [-0.2, -0.15) is 0 Å². The summed E-state index contributed by atoms with van der Waals surface area (Å²) in [6.07, 6.45) is 4.36. The number of benzene rings is 1. The predicted molar refractivity (Wildman–Crippen MR) is 73.5 cm³/mol. The minimum atomic E-state index is 0.123. The van der Waals surface area contributed by atoms with Crippen LogP contribution in [0.2, 0.25) is 5.02 Å². The highest BCUT2D eigenvalue weighted by atomic mass is 35.5. The average Bonchev–Trinajstić information content (AvgIpc) is 2.46. The molecule has 1 atom stereocenters. The fraction of sp³-hybridized carbons (Fsp3) is 0.571. The Kier molecular flexibility index (Phi) is 3.71. The Hall–Kier alpha value is -1.13. The number of hydrogen-bond donors (Lipinski definition) is 2. The van der Waals surface area contributed by atoms with Gasteiger partial charge >= 0.3 is 0 Å². The van der Waals surface area contributed by atoms with Crippen LogP contribution in [0, 0.1) is 0 Å². The van der Waals surface area contributed by atoms with Crippen LogP contribution in [-0.2, 0) is 6.42 Å². The van der Waals surface area contributed by atoms with Gasteiger partial charge in [0.05, 0.1) is 0 Å². The molecule has 0 amide bonds. The summed E-state index contributed by atoms with van der Waals surface area (Å²) < 4.78 is 11.0. The first-order chi connectivity index (χ1) is 9.25. The number of nitrogens with one attached hydrogen (secondary N) is 1. The van der Waals surface area contributed by atoms with Gasteiger partial charge in [0.1, 0.15) is 24.0 Å². The van der Waals surface area contributed by atoms with E-state index in [1.165, 1.54) is 12.8 Å². The van der Waals surface area contributed by atoms with Crippen molar-refractivity contribution >= 4 is 11.6 Å². The lowest BCUT2D eigenvalue weighted by Crippen LogP contribution is -2.35. The third-order valence-electron chi connectivity index (χ3n) is 3.71. The van der Waals surface area contributed by atoms with Gasteiger partial charge in [-0.05, 0) is 31.9 Å². The van der Waals surface area contributed by atoms with Gasteiger partial charge < -0.3 is 19.9 Å². The largest absolute Gasteiger partial charge is 0.506 e. The van der Waals surface area contributed by atoms with E-state index in [0.717, 1.165) is 24.9 Å². The molecular formula is C14H18ClNO3. The third kappa shape index (κ3) is 2.60. The summed E-state index contributed by atoms with van der Waals surface area (Å²) in [4.78, 5) is 0. The van der Waals surface area contributed by atoms with Crippen molar-refractivity contribution in [3.05, 3.63) is 16.7 Å². The first-order valence-corrected chi connectivity index (χ1v) is 7.17. The van der Waals surface area contributed by atoms with E-state index in [2.05, 4.69) is 5.32 Å². The molecule has 2 N–H and O–H groups in total. The van der Waals surface area contributed by atoms with Gasteiger partial charge in [-0.1, -0.05) is 18.0 Å². The quantitative estimate of drug-likeness (QED) is 0.876. The van der Waals surface area contributed by atoms with Crippen LogP contribution in [0.25, 0.3) is 0 Å². The monoisotopic (exact) mass is 283 g/mol. The van der Waals surface area contributed by atoms with E-state index in [1.54, 1.807) is 0 Å². The molecule has 0 bridgehead atoms. The third-order valence-corrected chi connectivity index (χ3v) is 4.06. The predicted octanol–water partition coefficient (Wildman–Crippen LogP) is 2.50. The number of fused-ring (bicyclic) bond motifs is 1. The van der Waals surface area contributed by atoms with Crippen molar-refractivity contribution in [2.45, 2.75) is 31.7 Å². The number of piperidine rings is 1. The molecule has 0 saturated carbocycles. The number of phenols is 1. The molecule has 1 unspecified atom stereocenters. The van der Waals surface area contributed by atoms with Crippen molar-refractivity contribution < 1.29 is 14.6 Å². The molecule has 0 aromatic heterocycles. The molecule has 1 aromatic carbocycles. The fourth-order valence-corrected chi connectivity index (χ4v) is 2.97. The van der Waals surface area contributed by atoms with E-state index in [1.807, 2.05) is 6.07 Å². The highest BCUT2D eigenvalue weighted by Crippen LogP contribution is 2.45. The Labute approximate surface area is 117 Å². The molecule has 1 fully saturated rings. The zero-order valence-electron chi connectivity index (χ0n) is 10.7. The molecule has 4 nitrogen and oxygen atoms in total. The van der Waals surface area contributed by atoms with Gasteiger partial charge in [0.15, 0.2) is 11.5 Å². The standard InChI is InChI=1S/C14H18ClNO3/c15-12-13(17)9(7-10-3-1-2-4-16-10)8-11-14(12)19-6-5-18-11/h8,10,16-17H,1-7H2. The zero-order valence-corrected chi connectivity index (χ0v) is 11.5. The van der Waals surface area contributed by atoms with Gasteiger partial charge in [-0.15, -0.1) is 0 Å². The zero-order chi connectivity index (χ0) is 13.2. The second kappa shape index (κ2) is 5.47. The van der Waals surface area contributed by atoms with Crippen LogP contribution in [0.15, 0.2) is 6.07 Å². The maximum atomic E-state index is 10.2. The first-order valence-electron chi connectivity index (χ1n) is 6.79. The minimum absolute atomic E-state index is 0.123. The van der Waals surface area contributed by atoms with E-state index in [4.69, 9.17) is 21.1 Å². The topological polar surface area (TPSA) is 50.7 Å². The van der Waals surface area contributed by atoms with E-state index < -0.39 is 0 Å². The van der Waals surface area contributed by atoms with E-state index in [9.17, 15) is 5.11 Å². The molecule has 1 saturated heterocycles. The molecule has 0 radical (unpaired) electrons. The van der Waals surface area contributed by atoms with Crippen LogP contribution in [0.4, 0.5) is 0 Å². The van der Waals surface area contributed by atoms with Crippen molar-refractivity contribution in [3.8, 4) is 17.2 Å². The van der Waals surface area contributed by atoms with Crippen LogP contribution in [0.1, 0.15) is 24.8 Å². The second-order valence-electron chi connectivity index (χ2n) is 5.07. The molecule has 5 heteroatoms. The van der Waals surface area contributed by atoms with Crippen molar-refractivity contribution in [3.63, 3.8) is 0 Å². The Bertz CT molecular complexity index is 472. The van der Waals surface area contributed by atoms with Crippen LogP contribution in [-0.4, -0.2) is 30.9 Å². The average molecular weight is 284 g/mol. The molecule has 2 aliphatic heterocycles. The van der Waals surface area contributed by atoms with E-state index in [0.29, 0.717) is 30.8 Å². The van der Waals surface area contributed by atoms with Crippen molar-refractivity contribution in [2.75, 3.05) is 19.8 Å². The SMILES string of the molecule is Oc1c(CC2CCCCN2)cc2c(c1Cl)OCCO2. The van der Waals surface area contributed by atoms with Gasteiger partial charge in [0.25, 0.3) is 0 Å². The summed E-state index contributed by atoms with van der Waals surface area (Å²) in [7, 11) is 0. The lowest BCUT2D eigenvalue weighted by molar-refractivity contribution is 0.170. The molecular weight excluding hydrogens is 266 g/mol. The van der Waals surface area contributed by atoms with Crippen molar-refractivity contribution in [1.82, 2.24) is 5.32 Å². The summed E-state index contributed by atoms with van der Waals surface area (Å²) in [5.74, 6) is 1.23. The molecule has 0 aliphatic carbocycles. The Morgan fingerprint density at radius 3 is 2.95 bits per heavy atom. The molecule has 19 heavy (non-hydrogen) atoms. The number of phenolic OH excluding ortho intramolecular Hbond substituents is 1. The van der Waals surface area contributed by atoms with Gasteiger partial charge in [0.2, 0.25) is 0 Å². The number of ether oxygens (including phenoxy) is 2. The van der Waals surface area contributed by atoms with Crippen LogP contribution in [0.5, 0.6) is 17.2 Å². The highest BCUT2D eigenvalue weighted by Gasteiger charge is 2.23. The first kappa shape index (κ1) is 12.9. The maximum Gasteiger partial charge on any atom is 0.183 e. The van der Waals surface area contributed by atoms with E-state index >= 15 is 0 Å². The number of hydrogen-bond acceptors (Lipinski definition) is 4. The molecule has 2 heterocycles. The fourth-order valence-electron chi connectivity index (χ4n) is 2.71. The number of rotatable bonds is 2. The number of aromatic hydroxyl groups is 1. The van der Waals surface area contributed by atoms with Gasteiger partial charge in [-0.25, -0.2) is 0 Å². The summed E-state index contributed by atoms with van der Waals surface area (Å²) in [6, 6.07) is 2.25. The van der Waals surface area contributed by atoms with E-state index in [-0.39, 0.29) is 10.8 Å². The molecule has 2 aliphatic rings. The van der Waals surface area contributed by atoms with Crippen molar-refractivity contribution in [2.24, 2.45) is 0 Å². The minimum Gasteiger partial charge on any atom is -0.506 e. The number of halogens is 1. The van der Waals surface area contributed by atoms with Crippen LogP contribution in [0.3, 0.4) is 0 Å². The normalized spacial score (nSPS) is 22.3. The summed E-state index contributed by atoms with van der Waals surface area (Å²) in [5.41, 5.74) is 0.827. The summed E-state index contributed by atoms with van der Waals surface area (Å²) in [6.45, 7) is 2.04. The maximum absolute atomic E-state index is 10.2. The molecule has 0 spiro atoms. The van der Waals surface area contributed by atoms with Gasteiger partial charge in [-0.3, -0.25) is 0 Å². The van der Waals surface area contributed by atoms with Crippen LogP contribution < -0.4 is 14.8 Å². The van der Waals surface area contributed by atoms with Crippen LogP contribution >= 0.6 is 11.6 Å². The summed E-state index contributed by atoms with van der Waals surface area (Å²) >= 11 is 6.16. The smallest absolute Gasteiger partial charge is 0.183 e. The Morgan fingerprint density at radius 1 is 1.32 bits per heavy atom. The van der Waals surface area contributed by atoms with Gasteiger partial charge in [0, 0.05) is 11.6 Å². The molecule has 3 rings (SSSR count). The lowest BCUT2D eigenvalue weighted by Gasteiger charge is -2.25. The Balaban J connectivity index is 1.86. The highest BCUT2D eigenvalue weighted by molar-refractivity contribution is 6.33. The molecule has 104 valence electrons. The Morgan fingerprint density at radius 2 is 2.16 bits per heavy atom. The lowest BCUT2D eigenvalue weighted by atomic mass is 9.97. The second-order valence-corrected chi connectivity index (χ2v) is 5.45. The summed E-state index contributed by atoms with van der Waals surface area (Å²) in [5, 5.41) is 13.9.